The van der Waals surface area contributed by atoms with E-state index in [4.69, 9.17) is 0 Å². The van der Waals surface area contributed by atoms with Gasteiger partial charge in [-0.05, 0) is 10.4 Å². The highest BCUT2D eigenvalue weighted by Crippen LogP contribution is 2.52. The molecule has 1 rings (SSSR count). The minimum absolute atomic E-state index is 0.0243. The summed E-state index contributed by atoms with van der Waals surface area (Å²) in [5.74, 6) is 0.412. The van der Waals surface area contributed by atoms with E-state index in [1.54, 1.807) is 0 Å². The van der Waals surface area contributed by atoms with Gasteiger partial charge >= 0.3 is 0 Å². The van der Waals surface area contributed by atoms with Crippen LogP contribution in [0, 0.1) is 0 Å². The first-order valence-corrected chi connectivity index (χ1v) is 3.41. The maximum Gasteiger partial charge on any atom is 0.114 e. The smallest absolute Gasteiger partial charge is 0.114 e. The van der Waals surface area contributed by atoms with E-state index in [-0.39, 0.29) is 10.4 Å². The van der Waals surface area contributed by atoms with Crippen molar-refractivity contribution in [3.05, 3.63) is 0 Å². The van der Waals surface area contributed by atoms with Crippen LogP contribution in [0.4, 0.5) is 0 Å². The van der Waals surface area contributed by atoms with Gasteiger partial charge in [0.15, 0.2) is 0 Å². The lowest BCUT2D eigenvalue weighted by molar-refractivity contribution is -0.126. The van der Waals surface area contributed by atoms with Gasteiger partial charge in [-0.2, -0.15) is 0 Å². The summed E-state index contributed by atoms with van der Waals surface area (Å²) in [5.41, 5.74) is 0. The molecule has 0 aromatic rings. The summed E-state index contributed by atoms with van der Waals surface area (Å²) in [4.78, 5) is 11.2. The van der Waals surface area contributed by atoms with Crippen molar-refractivity contribution in [3.8, 4) is 0 Å². The molecule has 0 amide bonds. The molecule has 1 fully saturated rings. The highest BCUT2D eigenvalue weighted by molar-refractivity contribution is 6.66. The molecule has 0 bridgehead atoms. The van der Waals surface area contributed by atoms with Crippen molar-refractivity contribution in [2.45, 2.75) is 16.8 Å². The molecule has 0 N–H and O–H groups in total. The molecule has 0 aromatic heterocycles. The van der Waals surface area contributed by atoms with Crippen molar-refractivity contribution in [2.75, 3.05) is 0 Å². The molecule has 9 heavy (non-hydrogen) atoms. The number of ketones is 1. The molecular formula is C4H10B4O. The van der Waals surface area contributed by atoms with E-state index in [0.717, 1.165) is 6.42 Å². The third kappa shape index (κ3) is 0.867. The first-order valence-electron chi connectivity index (χ1n) is 3.41. The maximum absolute atomic E-state index is 11.2. The Morgan fingerprint density at radius 1 is 1.11 bits per heavy atom. The molecule has 0 atom stereocenters. The zero-order chi connectivity index (χ0) is 7.28. The van der Waals surface area contributed by atoms with Gasteiger partial charge in [-0.3, -0.25) is 0 Å². The van der Waals surface area contributed by atoms with E-state index in [1.165, 1.54) is 0 Å². The number of carbonyl (C=O) groups excluding carboxylic acids is 1. The van der Waals surface area contributed by atoms with E-state index in [9.17, 15) is 4.79 Å². The Kier molecular flexibility index (Phi) is 1.17. The van der Waals surface area contributed by atoms with Gasteiger partial charge in [0.2, 0.25) is 0 Å². The number of carbonyl (C=O) groups is 1. The monoisotopic (exact) mass is 118 g/mol. The molecule has 1 aliphatic rings. The first-order chi connectivity index (χ1) is 3.86. The average Bonchev–Trinajstić information content (AvgIpc) is 1.63. The van der Waals surface area contributed by atoms with Crippen molar-refractivity contribution in [1.82, 2.24) is 0 Å². The standard InChI is InChI=1S/C4H10B4O/c5-3(6)1-4(7,8)2(3)9/h1,5-8H2. The predicted molar refractivity (Wildman–Crippen MR) is 49.2 cm³/mol. The van der Waals surface area contributed by atoms with Crippen molar-refractivity contribution in [3.63, 3.8) is 0 Å². The van der Waals surface area contributed by atoms with Crippen LogP contribution < -0.4 is 0 Å². The van der Waals surface area contributed by atoms with Gasteiger partial charge in [-0.1, -0.05) is 6.42 Å². The number of Topliss-reactive ketones (excluding diaryl/α,β-unsaturated/α-hetero) is 1. The molecule has 1 aliphatic carbocycles. The second-order valence-electron chi connectivity index (χ2n) is 4.27. The van der Waals surface area contributed by atoms with E-state index >= 15 is 0 Å². The van der Waals surface area contributed by atoms with Crippen LogP contribution in [-0.2, 0) is 4.79 Å². The van der Waals surface area contributed by atoms with Crippen molar-refractivity contribution >= 4 is 37.2 Å². The van der Waals surface area contributed by atoms with Gasteiger partial charge in [-0.25, -0.2) is 0 Å². The molecule has 0 aromatic carbocycles. The van der Waals surface area contributed by atoms with Gasteiger partial charge in [0, 0.05) is 0 Å². The van der Waals surface area contributed by atoms with Crippen LogP contribution in [0.1, 0.15) is 6.42 Å². The van der Waals surface area contributed by atoms with E-state index in [0.29, 0.717) is 5.78 Å². The highest BCUT2D eigenvalue weighted by atomic mass is 16.1. The van der Waals surface area contributed by atoms with Gasteiger partial charge < -0.3 is 4.79 Å². The van der Waals surface area contributed by atoms with Gasteiger partial charge in [0.25, 0.3) is 0 Å². The second kappa shape index (κ2) is 1.50. The Bertz CT molecular complexity index is 146. The third-order valence-corrected chi connectivity index (χ3v) is 2.11. The molecule has 1 saturated carbocycles. The fourth-order valence-electron chi connectivity index (χ4n) is 2.07. The lowest BCUT2D eigenvalue weighted by Crippen LogP contribution is -2.49. The second-order valence-corrected chi connectivity index (χ2v) is 4.27. The summed E-state index contributed by atoms with van der Waals surface area (Å²) >= 11 is 0. The summed E-state index contributed by atoms with van der Waals surface area (Å²) in [6.45, 7) is 0. The van der Waals surface area contributed by atoms with Crippen molar-refractivity contribution < 1.29 is 4.79 Å². The summed E-state index contributed by atoms with van der Waals surface area (Å²) < 4.78 is 0. The Morgan fingerprint density at radius 2 is 1.44 bits per heavy atom. The summed E-state index contributed by atoms with van der Waals surface area (Å²) in [6.07, 6.45) is 1.04. The van der Waals surface area contributed by atoms with Crippen LogP contribution in [0.5, 0.6) is 0 Å². The lowest BCUT2D eigenvalue weighted by atomic mass is 9.26. The molecule has 0 aliphatic heterocycles. The molecule has 0 unspecified atom stereocenters. The molecule has 0 radical (unpaired) electrons. The minimum atomic E-state index is -0.0243. The fraction of sp³-hybridized carbons (Fsp3) is 0.750. The fourth-order valence-corrected chi connectivity index (χ4v) is 2.07. The Labute approximate surface area is 59.6 Å². The zero-order valence-corrected chi connectivity index (χ0v) is 6.62. The number of rotatable bonds is 0. The third-order valence-electron chi connectivity index (χ3n) is 2.11. The Balaban J connectivity index is 2.74. The Hall–Kier alpha value is -0.0703. The average molecular weight is 117 g/mol. The number of hydrogen-bond donors (Lipinski definition) is 0. The molecule has 0 heterocycles. The van der Waals surface area contributed by atoms with Crippen LogP contribution in [-0.4, -0.2) is 37.2 Å². The minimum Gasteiger partial charge on any atom is -0.302 e. The number of hydrogen-bond acceptors (Lipinski definition) is 1. The normalized spacial score (nSPS) is 29.1. The van der Waals surface area contributed by atoms with Crippen LogP contribution in [0.2, 0.25) is 10.4 Å². The maximum atomic E-state index is 11.2. The van der Waals surface area contributed by atoms with E-state index in [2.05, 4.69) is 0 Å². The summed E-state index contributed by atoms with van der Waals surface area (Å²) in [6, 6.07) is 0. The van der Waals surface area contributed by atoms with Crippen molar-refractivity contribution in [1.29, 1.82) is 0 Å². The van der Waals surface area contributed by atoms with Crippen LogP contribution in [0.25, 0.3) is 0 Å². The molecule has 0 spiro atoms. The summed E-state index contributed by atoms with van der Waals surface area (Å²) in [7, 11) is 8.06. The predicted octanol–water partition coefficient (Wildman–Crippen LogP) is -3.28. The van der Waals surface area contributed by atoms with Gasteiger partial charge in [0.1, 0.15) is 37.2 Å². The molecular weight excluding hydrogens is 107 g/mol. The van der Waals surface area contributed by atoms with Crippen molar-refractivity contribution in [2.24, 2.45) is 0 Å². The largest absolute Gasteiger partial charge is 0.302 e. The Morgan fingerprint density at radius 3 is 1.44 bits per heavy atom. The molecule has 0 saturated heterocycles. The molecule has 44 valence electrons. The van der Waals surface area contributed by atoms with Gasteiger partial charge in [-0.15, -0.1) is 0 Å². The van der Waals surface area contributed by atoms with E-state index < -0.39 is 0 Å². The van der Waals surface area contributed by atoms with Crippen LogP contribution in [0.15, 0.2) is 0 Å². The summed E-state index contributed by atoms with van der Waals surface area (Å²) in [5, 5.41) is -0.0486. The van der Waals surface area contributed by atoms with E-state index in [1.807, 2.05) is 31.4 Å². The highest BCUT2D eigenvalue weighted by Gasteiger charge is 2.50. The molecule has 5 heteroatoms. The van der Waals surface area contributed by atoms with Crippen LogP contribution >= 0.6 is 0 Å². The zero-order valence-electron chi connectivity index (χ0n) is 6.62. The van der Waals surface area contributed by atoms with Crippen LogP contribution in [0.3, 0.4) is 0 Å². The van der Waals surface area contributed by atoms with Gasteiger partial charge in [0.05, 0.1) is 0 Å². The first kappa shape index (κ1) is 7.04. The quantitative estimate of drug-likeness (QED) is 0.304. The SMILES string of the molecule is BC1(B)CC(B)(B)C1=O. The molecule has 1 nitrogen and oxygen atoms in total. The topological polar surface area (TPSA) is 17.1 Å². The lowest BCUT2D eigenvalue weighted by Gasteiger charge is -2.48.